The second-order valence-electron chi connectivity index (χ2n) is 4.89. The van der Waals surface area contributed by atoms with E-state index in [-0.39, 0.29) is 0 Å². The summed E-state index contributed by atoms with van der Waals surface area (Å²) in [6.45, 7) is 4.40. The van der Waals surface area contributed by atoms with Gasteiger partial charge >= 0.3 is 0 Å². The van der Waals surface area contributed by atoms with Crippen LogP contribution in [0.3, 0.4) is 0 Å². The van der Waals surface area contributed by atoms with Crippen molar-refractivity contribution in [3.8, 4) is 22.3 Å². The zero-order valence-corrected chi connectivity index (χ0v) is 9.96. The van der Waals surface area contributed by atoms with Crippen LogP contribution in [0.4, 0.5) is 0 Å². The lowest BCUT2D eigenvalue weighted by molar-refractivity contribution is 1.41. The molecular weight excluding hydrogens is 206 g/mol. The molecule has 1 nitrogen and oxygen atoms in total. The van der Waals surface area contributed by atoms with Crippen molar-refractivity contribution in [1.82, 2.24) is 4.98 Å². The molecule has 0 spiro atoms. The Balaban J connectivity index is 2.33. The summed E-state index contributed by atoms with van der Waals surface area (Å²) in [7, 11) is 0. The average Bonchev–Trinajstić information content (AvgIpc) is 2.87. The van der Waals surface area contributed by atoms with Crippen molar-refractivity contribution in [2.45, 2.75) is 13.8 Å². The van der Waals surface area contributed by atoms with Gasteiger partial charge in [0.15, 0.2) is 0 Å². The van der Waals surface area contributed by atoms with Crippen molar-refractivity contribution in [3.05, 3.63) is 47.8 Å². The Morgan fingerprint density at radius 1 is 0.647 bits per heavy atom. The van der Waals surface area contributed by atoms with E-state index in [1.54, 1.807) is 0 Å². The van der Waals surface area contributed by atoms with Crippen LogP contribution in [0.2, 0.25) is 0 Å². The fraction of sp³-hybridized carbons (Fsp3) is 0.125. The average molecular weight is 219 g/mol. The number of aromatic amines is 1. The third-order valence-electron chi connectivity index (χ3n) is 3.90. The molecule has 0 bridgehead atoms. The number of nitrogens with one attached hydrogen (secondary N) is 1. The maximum Gasteiger partial charge on any atom is 0.00908 e. The van der Waals surface area contributed by atoms with Gasteiger partial charge in [0.25, 0.3) is 0 Å². The van der Waals surface area contributed by atoms with Gasteiger partial charge in [-0.1, -0.05) is 24.3 Å². The number of hydrogen-bond donors (Lipinski definition) is 1. The smallest absolute Gasteiger partial charge is 0.00908 e. The van der Waals surface area contributed by atoms with Gasteiger partial charge in [0.05, 0.1) is 0 Å². The van der Waals surface area contributed by atoms with Crippen molar-refractivity contribution in [2.75, 3.05) is 0 Å². The lowest BCUT2D eigenvalue weighted by Crippen LogP contribution is -1.85. The number of aromatic nitrogens is 1. The van der Waals surface area contributed by atoms with E-state index in [9.17, 15) is 0 Å². The van der Waals surface area contributed by atoms with Gasteiger partial charge in [0.1, 0.15) is 0 Å². The van der Waals surface area contributed by atoms with E-state index >= 15 is 0 Å². The SMILES string of the molecule is Cc1ccc2c3c(ccc(C)c13)-c1c[nH]cc1-2. The predicted molar refractivity (Wildman–Crippen MR) is 72.2 cm³/mol. The highest BCUT2D eigenvalue weighted by Gasteiger charge is 2.22. The summed E-state index contributed by atoms with van der Waals surface area (Å²) in [5.74, 6) is 0. The summed E-state index contributed by atoms with van der Waals surface area (Å²) in [5, 5.41) is 2.86. The van der Waals surface area contributed by atoms with Crippen LogP contribution in [0, 0.1) is 13.8 Å². The Hall–Kier alpha value is -2.02. The van der Waals surface area contributed by atoms with Crippen molar-refractivity contribution in [3.63, 3.8) is 0 Å². The summed E-state index contributed by atoms with van der Waals surface area (Å²) in [6.07, 6.45) is 4.21. The lowest BCUT2D eigenvalue weighted by Gasteiger charge is -2.08. The topological polar surface area (TPSA) is 15.8 Å². The van der Waals surface area contributed by atoms with Gasteiger partial charge < -0.3 is 4.98 Å². The lowest BCUT2D eigenvalue weighted by atomic mass is 9.95. The number of benzene rings is 2. The fourth-order valence-electron chi connectivity index (χ4n) is 3.13. The minimum absolute atomic E-state index is 1.34. The molecule has 0 saturated carbocycles. The predicted octanol–water partition coefficient (Wildman–Crippen LogP) is 4.43. The molecule has 3 aromatic rings. The summed E-state index contributed by atoms with van der Waals surface area (Å²) in [6, 6.07) is 8.97. The van der Waals surface area contributed by atoms with Crippen LogP contribution in [0.25, 0.3) is 33.0 Å². The first kappa shape index (κ1) is 9.06. The van der Waals surface area contributed by atoms with Crippen LogP contribution in [0.15, 0.2) is 36.7 Å². The van der Waals surface area contributed by atoms with Crippen LogP contribution < -0.4 is 0 Å². The van der Waals surface area contributed by atoms with Gasteiger partial charge in [0, 0.05) is 23.5 Å². The normalized spacial score (nSPS) is 12.1. The molecule has 1 aliphatic rings. The molecule has 1 aliphatic carbocycles. The Bertz CT molecular complexity index is 703. The maximum absolute atomic E-state index is 3.21. The molecule has 0 aliphatic heterocycles. The van der Waals surface area contributed by atoms with Gasteiger partial charge in [-0.05, 0) is 46.9 Å². The first-order chi connectivity index (χ1) is 8.27. The molecular formula is C16H13N. The minimum atomic E-state index is 1.34. The minimum Gasteiger partial charge on any atom is -0.366 e. The van der Waals surface area contributed by atoms with Gasteiger partial charge in [-0.2, -0.15) is 0 Å². The largest absolute Gasteiger partial charge is 0.366 e. The molecule has 82 valence electrons. The summed E-state index contributed by atoms with van der Waals surface area (Å²) in [5.41, 5.74) is 8.18. The first-order valence-electron chi connectivity index (χ1n) is 5.98. The summed E-state index contributed by atoms with van der Waals surface area (Å²) >= 11 is 0. The Morgan fingerprint density at radius 3 is 1.71 bits per heavy atom. The summed E-state index contributed by atoms with van der Waals surface area (Å²) < 4.78 is 0. The van der Waals surface area contributed by atoms with Crippen LogP contribution in [0.5, 0.6) is 0 Å². The molecule has 4 rings (SSSR count). The number of fused-ring (bicyclic) bond motifs is 3. The fourth-order valence-corrected chi connectivity index (χ4v) is 3.13. The van der Waals surface area contributed by atoms with E-state index in [2.05, 4.69) is 55.5 Å². The van der Waals surface area contributed by atoms with Gasteiger partial charge in [-0.3, -0.25) is 0 Å². The zero-order valence-electron chi connectivity index (χ0n) is 9.96. The first-order valence-corrected chi connectivity index (χ1v) is 5.98. The van der Waals surface area contributed by atoms with Crippen molar-refractivity contribution in [2.24, 2.45) is 0 Å². The van der Waals surface area contributed by atoms with Crippen molar-refractivity contribution < 1.29 is 0 Å². The third-order valence-corrected chi connectivity index (χ3v) is 3.90. The van der Waals surface area contributed by atoms with Crippen LogP contribution in [-0.4, -0.2) is 4.98 Å². The highest BCUT2D eigenvalue weighted by Crippen LogP contribution is 2.48. The molecule has 0 fully saturated rings. The van der Waals surface area contributed by atoms with Crippen molar-refractivity contribution >= 4 is 10.8 Å². The van der Waals surface area contributed by atoms with Crippen LogP contribution in [0.1, 0.15) is 11.1 Å². The third kappa shape index (κ3) is 0.949. The molecule has 17 heavy (non-hydrogen) atoms. The molecule has 0 amide bonds. The van der Waals surface area contributed by atoms with Crippen molar-refractivity contribution in [1.29, 1.82) is 0 Å². The van der Waals surface area contributed by atoms with E-state index in [1.807, 2.05) is 0 Å². The molecule has 0 unspecified atom stereocenters. The standard InChI is InChI=1S/C16H13N/c1-9-3-5-11-13-7-17-8-14(13)12-6-4-10(2)15(9)16(11)12/h3-8,17H,1-2H3. The Kier molecular flexibility index (Phi) is 1.49. The Labute approximate surface area is 100 Å². The second-order valence-corrected chi connectivity index (χ2v) is 4.89. The van der Waals surface area contributed by atoms with E-state index in [1.165, 1.54) is 44.2 Å². The molecule has 1 aromatic heterocycles. The molecule has 1 heterocycles. The van der Waals surface area contributed by atoms with Gasteiger partial charge in [0.2, 0.25) is 0 Å². The number of aryl methyl sites for hydroxylation is 2. The van der Waals surface area contributed by atoms with E-state index in [4.69, 9.17) is 0 Å². The molecule has 0 atom stereocenters. The van der Waals surface area contributed by atoms with E-state index in [0.29, 0.717) is 0 Å². The molecule has 0 radical (unpaired) electrons. The highest BCUT2D eigenvalue weighted by atomic mass is 14.6. The highest BCUT2D eigenvalue weighted by molar-refractivity contribution is 6.16. The molecule has 1 heteroatoms. The van der Waals surface area contributed by atoms with Gasteiger partial charge in [-0.25, -0.2) is 0 Å². The maximum atomic E-state index is 3.21. The summed E-state index contributed by atoms with van der Waals surface area (Å²) in [4.78, 5) is 3.21. The monoisotopic (exact) mass is 219 g/mol. The van der Waals surface area contributed by atoms with E-state index in [0.717, 1.165) is 0 Å². The quantitative estimate of drug-likeness (QED) is 0.450. The van der Waals surface area contributed by atoms with E-state index < -0.39 is 0 Å². The molecule has 0 saturated heterocycles. The number of H-pyrrole nitrogens is 1. The second kappa shape index (κ2) is 2.80. The zero-order chi connectivity index (χ0) is 11.6. The van der Waals surface area contributed by atoms with Gasteiger partial charge in [-0.15, -0.1) is 0 Å². The van der Waals surface area contributed by atoms with Crippen LogP contribution >= 0.6 is 0 Å². The molecule has 1 N–H and O–H groups in total. The number of hydrogen-bond acceptors (Lipinski definition) is 0. The Morgan fingerprint density at radius 2 is 1.18 bits per heavy atom. The van der Waals surface area contributed by atoms with Crippen LogP contribution in [-0.2, 0) is 0 Å². The molecule has 2 aromatic carbocycles. The number of rotatable bonds is 0.